The van der Waals surface area contributed by atoms with E-state index >= 15 is 0 Å². The Balaban J connectivity index is 1.98. The van der Waals surface area contributed by atoms with Crippen molar-refractivity contribution in [1.82, 2.24) is 5.32 Å². The first-order valence-corrected chi connectivity index (χ1v) is 8.07. The van der Waals surface area contributed by atoms with Gasteiger partial charge in [0.1, 0.15) is 0 Å². The normalized spacial score (nSPS) is 38.8. The van der Waals surface area contributed by atoms with Gasteiger partial charge in [0.2, 0.25) is 0 Å². The quantitative estimate of drug-likeness (QED) is 0.808. The molecule has 1 saturated heterocycles. The van der Waals surface area contributed by atoms with Crippen LogP contribution in [0.4, 0.5) is 0 Å². The molecular weight excluding hydrogens is 222 g/mol. The highest BCUT2D eigenvalue weighted by atomic mass is 16.5. The molecule has 2 rings (SSSR count). The first-order chi connectivity index (χ1) is 8.72. The molecule has 5 unspecified atom stereocenters. The van der Waals surface area contributed by atoms with E-state index in [9.17, 15) is 0 Å². The van der Waals surface area contributed by atoms with Crippen molar-refractivity contribution in [2.24, 2.45) is 17.8 Å². The van der Waals surface area contributed by atoms with E-state index in [1.807, 2.05) is 0 Å². The van der Waals surface area contributed by atoms with Crippen LogP contribution in [0.15, 0.2) is 0 Å². The van der Waals surface area contributed by atoms with E-state index in [0.29, 0.717) is 12.1 Å². The number of hydrogen-bond donors (Lipinski definition) is 1. The zero-order valence-corrected chi connectivity index (χ0v) is 12.5. The molecule has 1 aliphatic carbocycles. The van der Waals surface area contributed by atoms with Gasteiger partial charge in [-0.2, -0.15) is 0 Å². The summed E-state index contributed by atoms with van der Waals surface area (Å²) in [6.45, 7) is 9.10. The van der Waals surface area contributed by atoms with Gasteiger partial charge in [0, 0.05) is 18.6 Å². The lowest BCUT2D eigenvalue weighted by Crippen LogP contribution is -2.46. The Labute approximate surface area is 113 Å². The van der Waals surface area contributed by atoms with Crippen LogP contribution in [0.3, 0.4) is 0 Å². The zero-order valence-electron chi connectivity index (χ0n) is 12.5. The van der Waals surface area contributed by atoms with Gasteiger partial charge in [0.15, 0.2) is 0 Å². The number of nitrogens with one attached hydrogen (secondary N) is 1. The van der Waals surface area contributed by atoms with E-state index in [1.165, 1.54) is 45.1 Å². The third-order valence-electron chi connectivity index (χ3n) is 5.01. The standard InChI is InChI=1S/C16H31NO/c1-4-9-17-16(15-8-10-18-13(15)3)14-7-5-6-12(2)11-14/h12-17H,4-11H2,1-3H3. The summed E-state index contributed by atoms with van der Waals surface area (Å²) in [6.07, 6.45) is 8.66. The Morgan fingerprint density at radius 1 is 1.22 bits per heavy atom. The SMILES string of the molecule is CCCNC(C1CCCC(C)C1)C1CCOC1C. The molecule has 0 aromatic rings. The van der Waals surface area contributed by atoms with Crippen molar-refractivity contribution in [2.75, 3.05) is 13.2 Å². The van der Waals surface area contributed by atoms with E-state index < -0.39 is 0 Å². The summed E-state index contributed by atoms with van der Waals surface area (Å²) in [7, 11) is 0. The average molecular weight is 253 g/mol. The molecule has 1 N–H and O–H groups in total. The minimum Gasteiger partial charge on any atom is -0.378 e. The van der Waals surface area contributed by atoms with E-state index in [4.69, 9.17) is 4.74 Å². The smallest absolute Gasteiger partial charge is 0.0590 e. The predicted octanol–water partition coefficient (Wildman–Crippen LogP) is 3.61. The fraction of sp³-hybridized carbons (Fsp3) is 1.00. The fourth-order valence-corrected chi connectivity index (χ4v) is 4.01. The molecule has 5 atom stereocenters. The third kappa shape index (κ3) is 3.48. The second-order valence-electron chi connectivity index (χ2n) is 6.54. The van der Waals surface area contributed by atoms with Gasteiger partial charge in [-0.05, 0) is 51.0 Å². The summed E-state index contributed by atoms with van der Waals surface area (Å²) in [6, 6.07) is 0.699. The van der Waals surface area contributed by atoms with Crippen LogP contribution in [-0.4, -0.2) is 25.3 Å². The molecule has 0 bridgehead atoms. The maximum atomic E-state index is 5.80. The topological polar surface area (TPSA) is 21.3 Å². The molecule has 0 radical (unpaired) electrons. The molecule has 0 spiro atoms. The lowest BCUT2D eigenvalue weighted by atomic mass is 9.73. The van der Waals surface area contributed by atoms with Crippen LogP contribution in [0.5, 0.6) is 0 Å². The molecule has 2 nitrogen and oxygen atoms in total. The molecule has 0 aromatic heterocycles. The van der Waals surface area contributed by atoms with Crippen molar-refractivity contribution in [1.29, 1.82) is 0 Å². The van der Waals surface area contributed by atoms with Crippen LogP contribution in [0, 0.1) is 17.8 Å². The van der Waals surface area contributed by atoms with E-state index in [1.54, 1.807) is 0 Å². The van der Waals surface area contributed by atoms with Gasteiger partial charge < -0.3 is 10.1 Å². The summed E-state index contributed by atoms with van der Waals surface area (Å²) in [5.41, 5.74) is 0. The molecule has 2 aliphatic rings. The van der Waals surface area contributed by atoms with Crippen molar-refractivity contribution < 1.29 is 4.74 Å². The zero-order chi connectivity index (χ0) is 13.0. The highest BCUT2D eigenvalue weighted by Crippen LogP contribution is 2.37. The van der Waals surface area contributed by atoms with Crippen LogP contribution in [0.2, 0.25) is 0 Å². The molecule has 2 heteroatoms. The lowest BCUT2D eigenvalue weighted by Gasteiger charge is -2.38. The molecule has 106 valence electrons. The molecule has 1 heterocycles. The van der Waals surface area contributed by atoms with Crippen LogP contribution >= 0.6 is 0 Å². The molecule has 1 saturated carbocycles. The van der Waals surface area contributed by atoms with E-state index in [0.717, 1.165) is 24.4 Å². The summed E-state index contributed by atoms with van der Waals surface area (Å²) >= 11 is 0. The van der Waals surface area contributed by atoms with E-state index in [-0.39, 0.29) is 0 Å². The Hall–Kier alpha value is -0.0800. The Morgan fingerprint density at radius 3 is 2.67 bits per heavy atom. The minimum atomic E-state index is 0.455. The molecule has 0 aromatic carbocycles. The second-order valence-corrected chi connectivity index (χ2v) is 6.54. The highest BCUT2D eigenvalue weighted by molar-refractivity contribution is 4.90. The summed E-state index contributed by atoms with van der Waals surface area (Å²) in [5, 5.41) is 3.85. The Morgan fingerprint density at radius 2 is 2.06 bits per heavy atom. The maximum absolute atomic E-state index is 5.80. The van der Waals surface area contributed by atoms with Crippen molar-refractivity contribution >= 4 is 0 Å². The lowest BCUT2D eigenvalue weighted by molar-refractivity contribution is 0.0776. The highest BCUT2D eigenvalue weighted by Gasteiger charge is 2.37. The number of hydrogen-bond acceptors (Lipinski definition) is 2. The molecule has 2 fully saturated rings. The van der Waals surface area contributed by atoms with Gasteiger partial charge in [-0.3, -0.25) is 0 Å². The van der Waals surface area contributed by atoms with Crippen molar-refractivity contribution in [3.8, 4) is 0 Å². The fourth-order valence-electron chi connectivity index (χ4n) is 4.01. The van der Waals surface area contributed by atoms with Crippen molar-refractivity contribution in [3.63, 3.8) is 0 Å². The van der Waals surface area contributed by atoms with Crippen LogP contribution in [0.25, 0.3) is 0 Å². The first kappa shape index (κ1) is 14.3. The van der Waals surface area contributed by atoms with Gasteiger partial charge in [0.05, 0.1) is 6.10 Å². The van der Waals surface area contributed by atoms with Gasteiger partial charge in [0.25, 0.3) is 0 Å². The monoisotopic (exact) mass is 253 g/mol. The molecule has 0 amide bonds. The Bertz CT molecular complexity index is 243. The molecule has 1 aliphatic heterocycles. The van der Waals surface area contributed by atoms with Gasteiger partial charge in [-0.1, -0.05) is 26.7 Å². The number of rotatable bonds is 5. The number of ether oxygens (including phenoxy) is 1. The molecular formula is C16H31NO. The third-order valence-corrected chi connectivity index (χ3v) is 5.01. The van der Waals surface area contributed by atoms with Crippen LogP contribution in [-0.2, 0) is 4.74 Å². The molecule has 18 heavy (non-hydrogen) atoms. The second kappa shape index (κ2) is 6.91. The summed E-state index contributed by atoms with van der Waals surface area (Å²) < 4.78 is 5.80. The maximum Gasteiger partial charge on any atom is 0.0590 e. The van der Waals surface area contributed by atoms with Gasteiger partial charge in [-0.25, -0.2) is 0 Å². The first-order valence-electron chi connectivity index (χ1n) is 8.07. The van der Waals surface area contributed by atoms with E-state index in [2.05, 4.69) is 26.1 Å². The van der Waals surface area contributed by atoms with Crippen molar-refractivity contribution in [2.45, 2.75) is 71.4 Å². The van der Waals surface area contributed by atoms with Gasteiger partial charge in [-0.15, -0.1) is 0 Å². The summed E-state index contributed by atoms with van der Waals surface area (Å²) in [4.78, 5) is 0. The van der Waals surface area contributed by atoms with Crippen LogP contribution < -0.4 is 5.32 Å². The average Bonchev–Trinajstić information content (AvgIpc) is 2.77. The minimum absolute atomic E-state index is 0.455. The van der Waals surface area contributed by atoms with Gasteiger partial charge >= 0.3 is 0 Å². The largest absolute Gasteiger partial charge is 0.378 e. The predicted molar refractivity (Wildman–Crippen MR) is 76.7 cm³/mol. The Kier molecular flexibility index (Phi) is 5.50. The summed E-state index contributed by atoms with van der Waals surface area (Å²) in [5.74, 6) is 2.55. The van der Waals surface area contributed by atoms with Crippen molar-refractivity contribution in [3.05, 3.63) is 0 Å². The van der Waals surface area contributed by atoms with Crippen LogP contribution in [0.1, 0.15) is 59.3 Å².